The summed E-state index contributed by atoms with van der Waals surface area (Å²) in [6.45, 7) is 5.86. The van der Waals surface area contributed by atoms with Crippen molar-refractivity contribution in [1.29, 1.82) is 5.26 Å². The lowest BCUT2D eigenvalue weighted by molar-refractivity contribution is 0.956. The first-order chi connectivity index (χ1) is 5.66. The second-order valence-corrected chi connectivity index (χ2v) is 3.57. The normalized spacial score (nSPS) is 9.92. The highest BCUT2D eigenvalue weighted by Crippen LogP contribution is 2.24. The Bertz CT molecular complexity index is 323. The van der Waals surface area contributed by atoms with Crippen molar-refractivity contribution in [2.24, 2.45) is 0 Å². The fourth-order valence-electron chi connectivity index (χ4n) is 1.07. The molecule has 0 aromatic heterocycles. The van der Waals surface area contributed by atoms with E-state index >= 15 is 0 Å². The maximum Gasteiger partial charge on any atom is 0.101 e. The van der Waals surface area contributed by atoms with Gasteiger partial charge in [-0.1, -0.05) is 19.1 Å². The summed E-state index contributed by atoms with van der Waals surface area (Å²) in [7, 11) is 0. The molecule has 1 aromatic rings. The molecule has 1 radical (unpaired) electrons. The van der Waals surface area contributed by atoms with Gasteiger partial charge < -0.3 is 0 Å². The van der Waals surface area contributed by atoms with Crippen LogP contribution in [0.15, 0.2) is 22.7 Å². The summed E-state index contributed by atoms with van der Waals surface area (Å²) in [6, 6.07) is 7.87. The molecule has 0 spiro atoms. The zero-order valence-corrected chi connectivity index (χ0v) is 8.43. The molecular weight excluding hydrogens is 214 g/mol. The molecule has 1 unspecified atom stereocenters. The first-order valence-electron chi connectivity index (χ1n) is 3.68. The first kappa shape index (κ1) is 9.28. The molecule has 0 saturated heterocycles. The largest absolute Gasteiger partial charge is 0.192 e. The number of benzene rings is 1. The SMILES string of the molecule is [CH2]C(C)c1cccc(Br)c1C#N. The third-order valence-electron chi connectivity index (χ3n) is 1.69. The summed E-state index contributed by atoms with van der Waals surface area (Å²) < 4.78 is 0.845. The Morgan fingerprint density at radius 2 is 2.25 bits per heavy atom. The molecule has 1 rings (SSSR count). The molecule has 1 atom stereocenters. The van der Waals surface area contributed by atoms with Crippen LogP contribution in [0.25, 0.3) is 0 Å². The summed E-state index contributed by atoms with van der Waals surface area (Å²) in [4.78, 5) is 0. The summed E-state index contributed by atoms with van der Waals surface area (Å²) in [6.07, 6.45) is 0. The average molecular weight is 223 g/mol. The van der Waals surface area contributed by atoms with Gasteiger partial charge in [0, 0.05) is 4.47 Å². The third kappa shape index (κ3) is 1.67. The predicted octanol–water partition coefficient (Wildman–Crippen LogP) is 3.26. The molecule has 0 aliphatic rings. The summed E-state index contributed by atoms with van der Waals surface area (Å²) in [5, 5.41) is 8.84. The molecule has 0 aliphatic carbocycles. The molecule has 0 bridgehead atoms. The van der Waals surface area contributed by atoms with E-state index in [4.69, 9.17) is 5.26 Å². The van der Waals surface area contributed by atoms with Crippen LogP contribution in [0.3, 0.4) is 0 Å². The molecule has 0 heterocycles. The Labute approximate surface area is 81.2 Å². The van der Waals surface area contributed by atoms with Crippen LogP contribution in [0.1, 0.15) is 24.0 Å². The fourth-order valence-corrected chi connectivity index (χ4v) is 1.54. The van der Waals surface area contributed by atoms with Gasteiger partial charge >= 0.3 is 0 Å². The quantitative estimate of drug-likeness (QED) is 0.716. The second kappa shape index (κ2) is 3.73. The van der Waals surface area contributed by atoms with Gasteiger partial charge in [0.1, 0.15) is 6.07 Å². The van der Waals surface area contributed by atoms with Crippen molar-refractivity contribution in [2.45, 2.75) is 12.8 Å². The highest BCUT2D eigenvalue weighted by atomic mass is 79.9. The molecule has 0 amide bonds. The summed E-state index contributed by atoms with van der Waals surface area (Å²) in [5.74, 6) is 0.150. The van der Waals surface area contributed by atoms with Crippen LogP contribution < -0.4 is 0 Å². The van der Waals surface area contributed by atoms with Gasteiger partial charge in [-0.3, -0.25) is 0 Å². The van der Waals surface area contributed by atoms with Crippen LogP contribution in [0.2, 0.25) is 0 Å². The lowest BCUT2D eigenvalue weighted by atomic mass is 9.98. The molecule has 0 fully saturated rings. The van der Waals surface area contributed by atoms with Crippen LogP contribution in [0, 0.1) is 18.3 Å². The number of hydrogen-bond donors (Lipinski definition) is 0. The van der Waals surface area contributed by atoms with Gasteiger partial charge in [-0.25, -0.2) is 0 Å². The first-order valence-corrected chi connectivity index (χ1v) is 4.47. The number of nitriles is 1. The summed E-state index contributed by atoms with van der Waals surface area (Å²) >= 11 is 3.33. The van der Waals surface area contributed by atoms with Crippen molar-refractivity contribution in [1.82, 2.24) is 0 Å². The van der Waals surface area contributed by atoms with E-state index in [0.29, 0.717) is 5.56 Å². The fraction of sp³-hybridized carbons (Fsp3) is 0.200. The van der Waals surface area contributed by atoms with Gasteiger partial charge in [-0.05, 0) is 40.4 Å². The Morgan fingerprint density at radius 3 is 2.67 bits per heavy atom. The maximum absolute atomic E-state index is 8.84. The topological polar surface area (TPSA) is 23.8 Å². The molecule has 12 heavy (non-hydrogen) atoms. The second-order valence-electron chi connectivity index (χ2n) is 2.72. The van der Waals surface area contributed by atoms with Crippen molar-refractivity contribution in [3.8, 4) is 6.07 Å². The summed E-state index contributed by atoms with van der Waals surface area (Å²) in [5.41, 5.74) is 1.69. The minimum absolute atomic E-state index is 0.150. The van der Waals surface area contributed by atoms with Crippen LogP contribution in [-0.4, -0.2) is 0 Å². The van der Waals surface area contributed by atoms with Gasteiger partial charge in [0.2, 0.25) is 0 Å². The van der Waals surface area contributed by atoms with Gasteiger partial charge in [0.05, 0.1) is 5.56 Å². The van der Waals surface area contributed by atoms with Crippen molar-refractivity contribution in [3.63, 3.8) is 0 Å². The molecule has 2 heteroatoms. The van der Waals surface area contributed by atoms with E-state index in [0.717, 1.165) is 10.0 Å². The highest BCUT2D eigenvalue weighted by molar-refractivity contribution is 9.10. The monoisotopic (exact) mass is 222 g/mol. The maximum atomic E-state index is 8.84. The number of nitrogens with zero attached hydrogens (tertiary/aromatic N) is 1. The van der Waals surface area contributed by atoms with Gasteiger partial charge in [0.15, 0.2) is 0 Å². The Balaban J connectivity index is 3.30. The minimum atomic E-state index is 0.150. The predicted molar refractivity (Wildman–Crippen MR) is 52.6 cm³/mol. The molecule has 0 aliphatic heterocycles. The zero-order valence-electron chi connectivity index (χ0n) is 6.84. The van der Waals surface area contributed by atoms with Crippen LogP contribution >= 0.6 is 15.9 Å². The third-order valence-corrected chi connectivity index (χ3v) is 2.35. The van der Waals surface area contributed by atoms with E-state index in [-0.39, 0.29) is 5.92 Å². The molecular formula is C10H9BrN. The molecule has 1 aromatic carbocycles. The molecule has 61 valence electrons. The lowest BCUT2D eigenvalue weighted by Crippen LogP contribution is -1.93. The van der Waals surface area contributed by atoms with Gasteiger partial charge in [-0.2, -0.15) is 5.26 Å². The van der Waals surface area contributed by atoms with E-state index in [1.807, 2.05) is 25.1 Å². The Morgan fingerprint density at radius 1 is 1.58 bits per heavy atom. The number of hydrogen-bond acceptors (Lipinski definition) is 1. The standard InChI is InChI=1S/C10H9BrN/c1-7(2)8-4-3-5-10(11)9(8)6-12/h3-5,7H,1H2,2H3. The van der Waals surface area contributed by atoms with Crippen molar-refractivity contribution in [3.05, 3.63) is 40.7 Å². The van der Waals surface area contributed by atoms with Gasteiger partial charge in [0.25, 0.3) is 0 Å². The average Bonchev–Trinajstić information content (AvgIpc) is 2.03. The van der Waals surface area contributed by atoms with Crippen LogP contribution in [0.4, 0.5) is 0 Å². The number of rotatable bonds is 1. The number of halogens is 1. The van der Waals surface area contributed by atoms with Crippen LogP contribution in [-0.2, 0) is 0 Å². The van der Waals surface area contributed by atoms with Crippen molar-refractivity contribution >= 4 is 15.9 Å². The molecule has 1 nitrogen and oxygen atoms in total. The van der Waals surface area contributed by atoms with E-state index in [1.54, 1.807) is 0 Å². The van der Waals surface area contributed by atoms with E-state index < -0.39 is 0 Å². The van der Waals surface area contributed by atoms with Crippen molar-refractivity contribution in [2.75, 3.05) is 0 Å². The lowest BCUT2D eigenvalue weighted by Gasteiger charge is -2.07. The van der Waals surface area contributed by atoms with Gasteiger partial charge in [-0.15, -0.1) is 0 Å². The van der Waals surface area contributed by atoms with E-state index in [9.17, 15) is 0 Å². The van der Waals surface area contributed by atoms with E-state index in [2.05, 4.69) is 28.9 Å². The van der Waals surface area contributed by atoms with Crippen LogP contribution in [0.5, 0.6) is 0 Å². The Kier molecular flexibility index (Phi) is 2.88. The minimum Gasteiger partial charge on any atom is -0.192 e. The Hall–Kier alpha value is -0.810. The van der Waals surface area contributed by atoms with Crippen molar-refractivity contribution < 1.29 is 0 Å². The molecule has 0 N–H and O–H groups in total. The van der Waals surface area contributed by atoms with E-state index in [1.165, 1.54) is 0 Å². The smallest absolute Gasteiger partial charge is 0.101 e. The zero-order chi connectivity index (χ0) is 9.14. The highest BCUT2D eigenvalue weighted by Gasteiger charge is 2.08. The molecule has 0 saturated carbocycles.